The highest BCUT2D eigenvalue weighted by Gasteiger charge is 2.51. The van der Waals surface area contributed by atoms with Crippen molar-refractivity contribution in [3.8, 4) is 0 Å². The summed E-state index contributed by atoms with van der Waals surface area (Å²) >= 11 is 0. The molecule has 0 aliphatic heterocycles. The van der Waals surface area contributed by atoms with Crippen LogP contribution in [-0.2, 0) is 9.53 Å². The lowest BCUT2D eigenvalue weighted by Gasteiger charge is -2.25. The number of nitrogens with zero attached hydrogens (tertiary/aromatic N) is 1. The van der Waals surface area contributed by atoms with Crippen LogP contribution in [0.1, 0.15) is 24.0 Å². The minimum absolute atomic E-state index is 0.0703. The third-order valence-electron chi connectivity index (χ3n) is 3.78. The highest BCUT2D eigenvalue weighted by Crippen LogP contribution is 2.47. The SMILES string of the molecule is COC(=O)C1(CN(C)c2ccc(C)cc2C)CC1. The number of carbonyl (C=O) groups is 1. The van der Waals surface area contributed by atoms with Gasteiger partial charge in [0.15, 0.2) is 0 Å². The third kappa shape index (κ3) is 2.35. The van der Waals surface area contributed by atoms with Crippen molar-refractivity contribution in [2.75, 3.05) is 25.6 Å². The van der Waals surface area contributed by atoms with Gasteiger partial charge in [0, 0.05) is 19.3 Å². The molecule has 3 heteroatoms. The Morgan fingerprint density at radius 1 is 1.39 bits per heavy atom. The Bertz CT molecular complexity index is 464. The number of aryl methyl sites for hydroxylation is 2. The van der Waals surface area contributed by atoms with Crippen molar-refractivity contribution in [2.24, 2.45) is 5.41 Å². The smallest absolute Gasteiger partial charge is 0.313 e. The van der Waals surface area contributed by atoms with Crippen LogP contribution in [0.2, 0.25) is 0 Å². The highest BCUT2D eigenvalue weighted by molar-refractivity contribution is 5.80. The maximum Gasteiger partial charge on any atom is 0.313 e. The summed E-state index contributed by atoms with van der Waals surface area (Å²) in [6, 6.07) is 6.40. The van der Waals surface area contributed by atoms with Gasteiger partial charge in [0.05, 0.1) is 12.5 Å². The largest absolute Gasteiger partial charge is 0.469 e. The van der Waals surface area contributed by atoms with Gasteiger partial charge in [-0.15, -0.1) is 0 Å². The van der Waals surface area contributed by atoms with Crippen molar-refractivity contribution >= 4 is 11.7 Å². The van der Waals surface area contributed by atoms with E-state index in [4.69, 9.17) is 4.74 Å². The lowest BCUT2D eigenvalue weighted by molar-refractivity contribution is -0.146. The molecule has 0 atom stereocenters. The van der Waals surface area contributed by atoms with Crippen molar-refractivity contribution in [3.05, 3.63) is 29.3 Å². The normalized spacial score (nSPS) is 16.2. The van der Waals surface area contributed by atoms with Gasteiger partial charge in [-0.25, -0.2) is 0 Å². The van der Waals surface area contributed by atoms with Crippen molar-refractivity contribution in [3.63, 3.8) is 0 Å². The molecule has 0 N–H and O–H groups in total. The first-order valence-corrected chi connectivity index (χ1v) is 6.35. The van der Waals surface area contributed by atoms with Gasteiger partial charge in [0.25, 0.3) is 0 Å². The zero-order valence-electron chi connectivity index (χ0n) is 11.6. The average molecular weight is 247 g/mol. The molecule has 0 unspecified atom stereocenters. The first-order chi connectivity index (χ1) is 8.48. The molecular formula is C15H21NO2. The predicted octanol–water partition coefficient (Wildman–Crippen LogP) is 2.69. The summed E-state index contributed by atoms with van der Waals surface area (Å²) in [5.74, 6) is -0.0703. The maximum absolute atomic E-state index is 11.8. The number of hydrogen-bond acceptors (Lipinski definition) is 3. The minimum Gasteiger partial charge on any atom is -0.469 e. The van der Waals surface area contributed by atoms with Crippen LogP contribution in [0.15, 0.2) is 18.2 Å². The second-order valence-corrected chi connectivity index (χ2v) is 5.42. The van der Waals surface area contributed by atoms with E-state index in [9.17, 15) is 4.79 Å². The Hall–Kier alpha value is -1.51. The maximum atomic E-state index is 11.8. The number of carbonyl (C=O) groups excluding carboxylic acids is 1. The molecule has 0 bridgehead atoms. The van der Waals surface area contributed by atoms with Gasteiger partial charge in [-0.1, -0.05) is 17.7 Å². The highest BCUT2D eigenvalue weighted by atomic mass is 16.5. The van der Waals surface area contributed by atoms with E-state index in [0.717, 1.165) is 19.4 Å². The fourth-order valence-electron chi connectivity index (χ4n) is 2.57. The van der Waals surface area contributed by atoms with Gasteiger partial charge in [0.2, 0.25) is 0 Å². The molecule has 0 spiro atoms. The number of hydrogen-bond donors (Lipinski definition) is 0. The number of benzene rings is 1. The van der Waals surface area contributed by atoms with Crippen LogP contribution >= 0.6 is 0 Å². The van der Waals surface area contributed by atoms with Gasteiger partial charge in [-0.3, -0.25) is 4.79 Å². The van der Waals surface area contributed by atoms with Crippen LogP contribution in [0.5, 0.6) is 0 Å². The van der Waals surface area contributed by atoms with Crippen molar-refractivity contribution in [1.29, 1.82) is 0 Å². The van der Waals surface area contributed by atoms with E-state index in [1.54, 1.807) is 0 Å². The molecular weight excluding hydrogens is 226 g/mol. The first-order valence-electron chi connectivity index (χ1n) is 6.35. The summed E-state index contributed by atoms with van der Waals surface area (Å²) in [4.78, 5) is 13.9. The standard InChI is InChI=1S/C15H21NO2/c1-11-5-6-13(12(2)9-11)16(3)10-15(7-8-15)14(17)18-4/h5-6,9H,7-8,10H2,1-4H3. The second kappa shape index (κ2) is 4.63. The van der Waals surface area contributed by atoms with E-state index in [1.165, 1.54) is 23.9 Å². The van der Waals surface area contributed by atoms with Crippen molar-refractivity contribution < 1.29 is 9.53 Å². The predicted molar refractivity (Wildman–Crippen MR) is 72.9 cm³/mol. The number of ether oxygens (including phenoxy) is 1. The summed E-state index contributed by atoms with van der Waals surface area (Å²) < 4.78 is 4.90. The lowest BCUT2D eigenvalue weighted by atomic mass is 10.1. The Morgan fingerprint density at radius 3 is 2.56 bits per heavy atom. The molecule has 1 aromatic rings. The van der Waals surface area contributed by atoms with Gasteiger partial charge in [-0.2, -0.15) is 0 Å². The zero-order chi connectivity index (χ0) is 13.3. The van der Waals surface area contributed by atoms with Crippen LogP contribution in [0.4, 0.5) is 5.69 Å². The summed E-state index contributed by atoms with van der Waals surface area (Å²) in [6.45, 7) is 4.94. The van der Waals surface area contributed by atoms with Crippen LogP contribution < -0.4 is 4.90 Å². The van der Waals surface area contributed by atoms with E-state index in [1.807, 2.05) is 7.05 Å². The number of esters is 1. The van der Waals surface area contributed by atoms with Gasteiger partial charge in [0.1, 0.15) is 0 Å². The molecule has 2 rings (SSSR count). The average Bonchev–Trinajstić information content (AvgIpc) is 3.08. The number of methoxy groups -OCH3 is 1. The Balaban J connectivity index is 2.13. The molecule has 98 valence electrons. The molecule has 1 aliphatic rings. The molecule has 0 aromatic heterocycles. The Labute approximate surface area is 109 Å². The summed E-state index contributed by atoms with van der Waals surface area (Å²) in [7, 11) is 3.51. The zero-order valence-corrected chi connectivity index (χ0v) is 11.6. The Kier molecular flexibility index (Phi) is 3.33. The van der Waals surface area contributed by atoms with E-state index in [-0.39, 0.29) is 11.4 Å². The molecule has 18 heavy (non-hydrogen) atoms. The monoisotopic (exact) mass is 247 g/mol. The molecule has 0 heterocycles. The van der Waals surface area contributed by atoms with E-state index < -0.39 is 0 Å². The van der Waals surface area contributed by atoms with Gasteiger partial charge >= 0.3 is 5.97 Å². The molecule has 1 saturated carbocycles. The Morgan fingerprint density at radius 2 is 2.06 bits per heavy atom. The molecule has 1 aromatic carbocycles. The fourth-order valence-corrected chi connectivity index (χ4v) is 2.57. The van der Waals surface area contributed by atoms with Crippen molar-refractivity contribution in [2.45, 2.75) is 26.7 Å². The molecule has 1 aliphatic carbocycles. The van der Waals surface area contributed by atoms with Crippen LogP contribution in [0.25, 0.3) is 0 Å². The summed E-state index contributed by atoms with van der Waals surface area (Å²) in [5.41, 5.74) is 3.44. The summed E-state index contributed by atoms with van der Waals surface area (Å²) in [6.07, 6.45) is 1.88. The third-order valence-corrected chi connectivity index (χ3v) is 3.78. The van der Waals surface area contributed by atoms with E-state index in [0.29, 0.717) is 0 Å². The second-order valence-electron chi connectivity index (χ2n) is 5.42. The molecule has 3 nitrogen and oxygen atoms in total. The molecule has 0 amide bonds. The lowest BCUT2D eigenvalue weighted by Crippen LogP contribution is -2.33. The van der Waals surface area contributed by atoms with E-state index in [2.05, 4.69) is 36.9 Å². The first kappa shape index (κ1) is 12.9. The topological polar surface area (TPSA) is 29.5 Å². The van der Waals surface area contributed by atoms with Crippen LogP contribution in [0.3, 0.4) is 0 Å². The molecule has 1 fully saturated rings. The van der Waals surface area contributed by atoms with Gasteiger partial charge < -0.3 is 9.64 Å². The number of rotatable bonds is 4. The summed E-state index contributed by atoms with van der Waals surface area (Å²) in [5, 5.41) is 0. The molecule has 0 radical (unpaired) electrons. The molecule has 0 saturated heterocycles. The van der Waals surface area contributed by atoms with Gasteiger partial charge in [-0.05, 0) is 38.3 Å². The quantitative estimate of drug-likeness (QED) is 0.766. The van der Waals surface area contributed by atoms with Crippen molar-refractivity contribution in [1.82, 2.24) is 0 Å². The minimum atomic E-state index is -0.263. The number of anilines is 1. The van der Waals surface area contributed by atoms with Crippen LogP contribution in [-0.4, -0.2) is 26.7 Å². The van der Waals surface area contributed by atoms with E-state index >= 15 is 0 Å². The fraction of sp³-hybridized carbons (Fsp3) is 0.533. The van der Waals surface area contributed by atoms with Crippen LogP contribution in [0, 0.1) is 19.3 Å².